The second-order valence-electron chi connectivity index (χ2n) is 7.32. The van der Waals surface area contributed by atoms with E-state index >= 15 is 0 Å². The van der Waals surface area contributed by atoms with Gasteiger partial charge in [-0.15, -0.1) is 0 Å². The van der Waals surface area contributed by atoms with Crippen molar-refractivity contribution in [3.8, 4) is 0 Å². The Morgan fingerprint density at radius 3 is 2.90 bits per heavy atom. The van der Waals surface area contributed by atoms with Gasteiger partial charge < -0.3 is 20.9 Å². The topological polar surface area (TPSA) is 84.6 Å². The zero-order chi connectivity index (χ0) is 15.7. The summed E-state index contributed by atoms with van der Waals surface area (Å²) in [6.45, 7) is 7.67. The summed E-state index contributed by atoms with van der Waals surface area (Å²) >= 11 is 0. The molecular weight excluding hydrogens is 268 g/mol. The van der Waals surface area contributed by atoms with Crippen LogP contribution in [0.25, 0.3) is 0 Å². The number of hydrogen-bond donors (Lipinski definition) is 3. The van der Waals surface area contributed by atoms with Gasteiger partial charge in [-0.2, -0.15) is 0 Å². The summed E-state index contributed by atoms with van der Waals surface area (Å²) in [6, 6.07) is 0. The fourth-order valence-electron chi connectivity index (χ4n) is 3.93. The molecule has 0 aromatic heterocycles. The molecule has 1 amide bonds. The van der Waals surface area contributed by atoms with Gasteiger partial charge in [0.1, 0.15) is 5.54 Å². The second kappa shape index (κ2) is 6.23. The molecule has 4 N–H and O–H groups in total. The first kappa shape index (κ1) is 16.7. The van der Waals surface area contributed by atoms with Crippen molar-refractivity contribution in [2.75, 3.05) is 19.8 Å². The molecule has 1 heterocycles. The Bertz CT molecular complexity index is 386. The number of aliphatic hydroxyl groups excluding tert-OH is 1. The third-order valence-electron chi connectivity index (χ3n) is 5.53. The van der Waals surface area contributed by atoms with Gasteiger partial charge in [-0.1, -0.05) is 20.8 Å². The number of fused-ring (bicyclic) bond motifs is 1. The zero-order valence-corrected chi connectivity index (χ0v) is 13.5. The van der Waals surface area contributed by atoms with Crippen molar-refractivity contribution >= 4 is 5.91 Å². The van der Waals surface area contributed by atoms with E-state index in [4.69, 9.17) is 15.6 Å². The second-order valence-corrected chi connectivity index (χ2v) is 7.32. The molecule has 1 aliphatic carbocycles. The van der Waals surface area contributed by atoms with Gasteiger partial charge in [0.2, 0.25) is 5.91 Å². The van der Waals surface area contributed by atoms with Crippen LogP contribution in [0.4, 0.5) is 0 Å². The van der Waals surface area contributed by atoms with Crippen LogP contribution in [0.5, 0.6) is 0 Å². The number of carbonyl (C=O) groups excluding carboxylic acids is 1. The molecule has 1 aliphatic heterocycles. The van der Waals surface area contributed by atoms with Gasteiger partial charge in [-0.25, -0.2) is 0 Å². The van der Waals surface area contributed by atoms with Crippen molar-refractivity contribution in [3.63, 3.8) is 0 Å². The number of rotatable bonds is 6. The molecule has 0 spiro atoms. The van der Waals surface area contributed by atoms with Crippen molar-refractivity contribution < 1.29 is 14.6 Å². The number of aliphatic hydroxyl groups is 1. The quantitative estimate of drug-likeness (QED) is 0.640. The number of ether oxygens (including phenoxy) is 1. The van der Waals surface area contributed by atoms with Crippen LogP contribution < -0.4 is 11.1 Å². The zero-order valence-electron chi connectivity index (χ0n) is 13.5. The molecule has 5 heteroatoms. The predicted molar refractivity (Wildman–Crippen MR) is 81.7 cm³/mol. The van der Waals surface area contributed by atoms with E-state index in [-0.39, 0.29) is 35.9 Å². The lowest BCUT2D eigenvalue weighted by atomic mass is 9.46. The Morgan fingerprint density at radius 1 is 1.52 bits per heavy atom. The van der Waals surface area contributed by atoms with Gasteiger partial charge in [0.15, 0.2) is 0 Å². The molecule has 1 saturated carbocycles. The highest BCUT2D eigenvalue weighted by Crippen LogP contribution is 2.57. The summed E-state index contributed by atoms with van der Waals surface area (Å²) in [4.78, 5) is 12.6. The summed E-state index contributed by atoms with van der Waals surface area (Å²) in [5.41, 5.74) is 5.38. The molecule has 0 bridgehead atoms. The SMILES string of the molecule is CC(CO)CCCNC(=O)C1(N)C2CCCOC2C1(C)C. The molecule has 21 heavy (non-hydrogen) atoms. The maximum atomic E-state index is 12.6. The summed E-state index contributed by atoms with van der Waals surface area (Å²) in [6.07, 6.45) is 3.84. The Labute approximate surface area is 127 Å². The highest BCUT2D eigenvalue weighted by molar-refractivity contribution is 5.89. The molecule has 2 aliphatic rings. The Kier molecular flexibility index (Phi) is 4.96. The van der Waals surface area contributed by atoms with Crippen LogP contribution >= 0.6 is 0 Å². The largest absolute Gasteiger partial charge is 0.396 e. The van der Waals surface area contributed by atoms with Crippen LogP contribution in [0.1, 0.15) is 46.5 Å². The highest BCUT2D eigenvalue weighted by atomic mass is 16.5. The van der Waals surface area contributed by atoms with Gasteiger partial charge in [-0.3, -0.25) is 4.79 Å². The van der Waals surface area contributed by atoms with Crippen molar-refractivity contribution in [1.82, 2.24) is 5.32 Å². The Morgan fingerprint density at radius 2 is 2.24 bits per heavy atom. The third-order valence-corrected chi connectivity index (χ3v) is 5.53. The summed E-state index contributed by atoms with van der Waals surface area (Å²) < 4.78 is 5.82. The van der Waals surface area contributed by atoms with Crippen molar-refractivity contribution in [1.29, 1.82) is 0 Å². The van der Waals surface area contributed by atoms with Crippen LogP contribution in [0.2, 0.25) is 0 Å². The van der Waals surface area contributed by atoms with E-state index in [1.165, 1.54) is 0 Å². The summed E-state index contributed by atoms with van der Waals surface area (Å²) in [5, 5.41) is 12.0. The summed E-state index contributed by atoms with van der Waals surface area (Å²) in [7, 11) is 0. The lowest BCUT2D eigenvalue weighted by molar-refractivity contribution is -0.225. The standard InChI is InChI=1S/C16H30N2O3/c1-11(10-19)6-4-8-18-14(20)16(17)12-7-5-9-21-13(12)15(16,2)3/h11-13,19H,4-10,17H2,1-3H3,(H,18,20). The van der Waals surface area contributed by atoms with E-state index in [0.717, 1.165) is 32.3 Å². The monoisotopic (exact) mass is 298 g/mol. The van der Waals surface area contributed by atoms with Gasteiger partial charge in [0, 0.05) is 31.1 Å². The van der Waals surface area contributed by atoms with Crippen LogP contribution in [-0.4, -0.2) is 42.4 Å². The first-order valence-electron chi connectivity index (χ1n) is 8.15. The fraction of sp³-hybridized carbons (Fsp3) is 0.938. The average Bonchev–Trinajstić information content (AvgIpc) is 2.50. The Balaban J connectivity index is 1.88. The molecular formula is C16H30N2O3. The van der Waals surface area contributed by atoms with Crippen LogP contribution in [0, 0.1) is 17.3 Å². The first-order valence-corrected chi connectivity index (χ1v) is 8.15. The highest BCUT2D eigenvalue weighted by Gasteiger charge is 2.70. The first-order chi connectivity index (χ1) is 9.85. The molecule has 2 fully saturated rings. The molecule has 5 nitrogen and oxygen atoms in total. The number of carbonyl (C=O) groups is 1. The molecule has 4 unspecified atom stereocenters. The molecule has 0 aromatic carbocycles. The maximum Gasteiger partial charge on any atom is 0.241 e. The number of nitrogens with two attached hydrogens (primary N) is 1. The summed E-state index contributed by atoms with van der Waals surface area (Å²) in [5.74, 6) is 0.374. The maximum absolute atomic E-state index is 12.6. The fourth-order valence-corrected chi connectivity index (χ4v) is 3.93. The van der Waals surface area contributed by atoms with Crippen molar-refractivity contribution in [3.05, 3.63) is 0 Å². The number of nitrogens with one attached hydrogen (secondary N) is 1. The van der Waals surface area contributed by atoms with Crippen LogP contribution in [0.15, 0.2) is 0 Å². The van der Waals surface area contributed by atoms with Gasteiger partial charge in [0.25, 0.3) is 0 Å². The molecule has 122 valence electrons. The average molecular weight is 298 g/mol. The molecule has 2 rings (SSSR count). The smallest absolute Gasteiger partial charge is 0.241 e. The molecule has 0 aromatic rings. The van der Waals surface area contributed by atoms with E-state index in [1.807, 2.05) is 20.8 Å². The Hall–Kier alpha value is -0.650. The third kappa shape index (κ3) is 2.71. The predicted octanol–water partition coefficient (Wildman–Crippen LogP) is 1.04. The lowest BCUT2D eigenvalue weighted by Gasteiger charge is -2.65. The van der Waals surface area contributed by atoms with Gasteiger partial charge in [-0.05, 0) is 31.6 Å². The molecule has 1 saturated heterocycles. The number of hydrogen-bond acceptors (Lipinski definition) is 4. The van der Waals surface area contributed by atoms with E-state index in [2.05, 4.69) is 5.32 Å². The van der Waals surface area contributed by atoms with E-state index in [9.17, 15) is 4.79 Å². The minimum absolute atomic E-state index is 0.0455. The molecule has 4 atom stereocenters. The van der Waals surface area contributed by atoms with E-state index < -0.39 is 5.54 Å². The normalized spacial score (nSPS) is 35.5. The number of amides is 1. The minimum Gasteiger partial charge on any atom is -0.396 e. The van der Waals surface area contributed by atoms with Crippen molar-refractivity contribution in [2.45, 2.75) is 58.1 Å². The minimum atomic E-state index is -0.819. The van der Waals surface area contributed by atoms with Crippen LogP contribution in [-0.2, 0) is 9.53 Å². The van der Waals surface area contributed by atoms with E-state index in [1.54, 1.807) is 0 Å². The van der Waals surface area contributed by atoms with Crippen molar-refractivity contribution in [2.24, 2.45) is 23.0 Å². The molecule has 0 radical (unpaired) electrons. The lowest BCUT2D eigenvalue weighted by Crippen LogP contribution is -2.82. The van der Waals surface area contributed by atoms with Gasteiger partial charge >= 0.3 is 0 Å². The van der Waals surface area contributed by atoms with Gasteiger partial charge in [0.05, 0.1) is 6.10 Å². The van der Waals surface area contributed by atoms with E-state index in [0.29, 0.717) is 6.54 Å². The van der Waals surface area contributed by atoms with Crippen LogP contribution in [0.3, 0.4) is 0 Å².